The molecule has 31 heavy (non-hydrogen) atoms. The molecule has 2 unspecified atom stereocenters. The Morgan fingerprint density at radius 2 is 1.97 bits per heavy atom. The quantitative estimate of drug-likeness (QED) is 0.743. The molecule has 4 rings (SSSR count). The van der Waals surface area contributed by atoms with Gasteiger partial charge in [0.05, 0.1) is 38.8 Å². The summed E-state index contributed by atoms with van der Waals surface area (Å²) < 4.78 is 10.8. The minimum absolute atomic E-state index is 0.0320. The average molecular weight is 431 g/mol. The summed E-state index contributed by atoms with van der Waals surface area (Å²) in [6, 6.07) is 6.25. The Kier molecular flexibility index (Phi) is 6.67. The molecule has 0 aromatic heterocycles. The predicted molar refractivity (Wildman–Crippen MR) is 118 cm³/mol. The number of morpholine rings is 1. The van der Waals surface area contributed by atoms with Gasteiger partial charge in [0.25, 0.3) is 0 Å². The zero-order valence-electron chi connectivity index (χ0n) is 18.8. The molecule has 0 bridgehead atoms. The topological polar surface area (TPSA) is 74.3 Å². The van der Waals surface area contributed by atoms with Crippen LogP contribution in [-0.4, -0.2) is 93.3 Å². The van der Waals surface area contributed by atoms with Crippen molar-refractivity contribution in [1.82, 2.24) is 15.1 Å². The molecule has 0 radical (unpaired) electrons. The molecule has 3 aliphatic rings. The lowest BCUT2D eigenvalue weighted by molar-refractivity contribution is -0.136. The van der Waals surface area contributed by atoms with Crippen LogP contribution in [0.1, 0.15) is 19.4 Å². The smallest absolute Gasteiger partial charge is 0.236 e. The molecule has 0 spiro atoms. The van der Waals surface area contributed by atoms with E-state index in [0.717, 1.165) is 24.5 Å². The Bertz CT molecular complexity index is 809. The number of ether oxygens (including phenoxy) is 2. The summed E-state index contributed by atoms with van der Waals surface area (Å²) in [5, 5.41) is 3.11. The molecule has 3 heterocycles. The summed E-state index contributed by atoms with van der Waals surface area (Å²) in [4.78, 5) is 32.3. The average Bonchev–Trinajstić information content (AvgIpc) is 2.78. The van der Waals surface area contributed by atoms with Crippen LogP contribution in [0.5, 0.6) is 5.75 Å². The van der Waals surface area contributed by atoms with Crippen molar-refractivity contribution >= 4 is 17.5 Å². The highest BCUT2D eigenvalue weighted by molar-refractivity contribution is 5.82. The Balaban J connectivity index is 1.53. The lowest BCUT2D eigenvalue weighted by Gasteiger charge is -2.49. The molecule has 0 aliphatic carbocycles. The van der Waals surface area contributed by atoms with Crippen LogP contribution in [0.4, 0.5) is 5.69 Å². The molecule has 2 fully saturated rings. The van der Waals surface area contributed by atoms with E-state index in [4.69, 9.17) is 9.47 Å². The molecule has 1 N–H and O–H groups in total. The minimum atomic E-state index is -0.149. The number of hydrogen-bond donors (Lipinski definition) is 1. The summed E-state index contributed by atoms with van der Waals surface area (Å²) >= 11 is 0. The van der Waals surface area contributed by atoms with Gasteiger partial charge >= 0.3 is 0 Å². The van der Waals surface area contributed by atoms with Crippen molar-refractivity contribution in [1.29, 1.82) is 0 Å². The number of fused-ring (bicyclic) bond motifs is 3. The van der Waals surface area contributed by atoms with E-state index >= 15 is 0 Å². The van der Waals surface area contributed by atoms with Gasteiger partial charge in [-0.25, -0.2) is 0 Å². The van der Waals surface area contributed by atoms with E-state index in [-0.39, 0.29) is 29.8 Å². The van der Waals surface area contributed by atoms with Gasteiger partial charge in [-0.15, -0.1) is 0 Å². The van der Waals surface area contributed by atoms with E-state index in [9.17, 15) is 9.59 Å². The summed E-state index contributed by atoms with van der Waals surface area (Å²) in [7, 11) is 1.68. The molecule has 170 valence electrons. The van der Waals surface area contributed by atoms with Crippen molar-refractivity contribution in [3.8, 4) is 5.75 Å². The number of benzene rings is 1. The number of carbonyl (C=O) groups excluding carboxylic acids is 2. The highest BCUT2D eigenvalue weighted by Gasteiger charge is 2.42. The molecular weight excluding hydrogens is 396 g/mol. The monoisotopic (exact) mass is 430 g/mol. The number of amides is 2. The molecule has 8 heteroatoms. The third kappa shape index (κ3) is 4.80. The first-order valence-electron chi connectivity index (χ1n) is 11.3. The number of nitrogens with zero attached hydrogens (tertiary/aromatic N) is 3. The maximum atomic E-state index is 13.1. The Labute approximate surface area is 184 Å². The zero-order chi connectivity index (χ0) is 22.0. The molecule has 0 saturated carbocycles. The van der Waals surface area contributed by atoms with E-state index in [2.05, 4.69) is 27.2 Å². The lowest BCUT2D eigenvalue weighted by atomic mass is 9.83. The van der Waals surface area contributed by atoms with Gasteiger partial charge in [-0.2, -0.15) is 0 Å². The number of carbonyl (C=O) groups is 2. The summed E-state index contributed by atoms with van der Waals surface area (Å²) in [6.07, 6.45) is 0.699. The second-order valence-corrected chi connectivity index (χ2v) is 8.96. The van der Waals surface area contributed by atoms with Gasteiger partial charge < -0.3 is 24.6 Å². The SMILES string of the molecule is COc1ccc2c(c1)N1CCN(CC(=O)N3CCOCC3)CC1C(C(=O)NC(C)C)C2. The molecule has 8 nitrogen and oxygen atoms in total. The molecule has 1 aromatic rings. The molecule has 1 aromatic carbocycles. The van der Waals surface area contributed by atoms with Crippen molar-refractivity contribution in [2.24, 2.45) is 5.92 Å². The van der Waals surface area contributed by atoms with Gasteiger partial charge in [-0.1, -0.05) is 6.07 Å². The molecule has 2 atom stereocenters. The summed E-state index contributed by atoms with van der Waals surface area (Å²) in [6.45, 7) is 9.20. The van der Waals surface area contributed by atoms with Crippen LogP contribution in [0.25, 0.3) is 0 Å². The van der Waals surface area contributed by atoms with E-state index in [1.165, 1.54) is 5.56 Å². The van der Waals surface area contributed by atoms with Crippen molar-refractivity contribution in [2.75, 3.05) is 64.5 Å². The molecule has 2 amide bonds. The largest absolute Gasteiger partial charge is 0.497 e. The van der Waals surface area contributed by atoms with Crippen LogP contribution in [0, 0.1) is 5.92 Å². The molecule has 3 aliphatic heterocycles. The number of rotatable bonds is 5. The van der Waals surface area contributed by atoms with Gasteiger partial charge in [0.1, 0.15) is 5.75 Å². The van der Waals surface area contributed by atoms with Gasteiger partial charge in [-0.05, 0) is 31.9 Å². The summed E-state index contributed by atoms with van der Waals surface area (Å²) in [5.74, 6) is 0.919. The highest BCUT2D eigenvalue weighted by atomic mass is 16.5. The van der Waals surface area contributed by atoms with Crippen LogP contribution in [-0.2, 0) is 20.7 Å². The first-order chi connectivity index (χ1) is 15.0. The zero-order valence-corrected chi connectivity index (χ0v) is 18.8. The number of piperazine rings is 1. The number of hydrogen-bond acceptors (Lipinski definition) is 6. The molecular formula is C23H34N4O4. The van der Waals surface area contributed by atoms with Crippen molar-refractivity contribution in [3.63, 3.8) is 0 Å². The predicted octanol–water partition coefficient (Wildman–Crippen LogP) is 0.742. The van der Waals surface area contributed by atoms with Crippen molar-refractivity contribution < 1.29 is 19.1 Å². The number of nitrogens with one attached hydrogen (secondary N) is 1. The van der Waals surface area contributed by atoms with E-state index in [1.807, 2.05) is 24.8 Å². The first kappa shape index (κ1) is 21.9. The normalized spacial score (nSPS) is 23.9. The molecule has 2 saturated heterocycles. The van der Waals surface area contributed by atoms with Gasteiger partial charge in [0.2, 0.25) is 11.8 Å². The first-order valence-corrected chi connectivity index (χ1v) is 11.3. The second kappa shape index (κ2) is 9.44. The van der Waals surface area contributed by atoms with E-state index in [1.54, 1.807) is 7.11 Å². The van der Waals surface area contributed by atoms with E-state index in [0.29, 0.717) is 45.8 Å². The van der Waals surface area contributed by atoms with Gasteiger partial charge in [0.15, 0.2) is 0 Å². The van der Waals surface area contributed by atoms with Crippen LogP contribution >= 0.6 is 0 Å². The van der Waals surface area contributed by atoms with Crippen LogP contribution in [0.3, 0.4) is 0 Å². The standard InChI is InChI=1S/C23H34N4O4/c1-16(2)24-23(29)19-12-17-4-5-18(30-3)13-20(17)27-7-6-25(14-21(19)27)15-22(28)26-8-10-31-11-9-26/h4-5,13,16,19,21H,6-12,14-15H2,1-3H3,(H,24,29). The fourth-order valence-electron chi connectivity index (χ4n) is 4.90. The fourth-order valence-corrected chi connectivity index (χ4v) is 4.90. The third-order valence-corrected chi connectivity index (χ3v) is 6.50. The maximum Gasteiger partial charge on any atom is 0.236 e. The number of anilines is 1. The second-order valence-electron chi connectivity index (χ2n) is 8.96. The lowest BCUT2D eigenvalue weighted by Crippen LogP contribution is -2.62. The summed E-state index contributed by atoms with van der Waals surface area (Å²) in [5.41, 5.74) is 2.33. The minimum Gasteiger partial charge on any atom is -0.497 e. The third-order valence-electron chi connectivity index (χ3n) is 6.50. The van der Waals surface area contributed by atoms with Crippen LogP contribution in [0.2, 0.25) is 0 Å². The van der Waals surface area contributed by atoms with Crippen LogP contribution in [0.15, 0.2) is 18.2 Å². The van der Waals surface area contributed by atoms with Crippen molar-refractivity contribution in [2.45, 2.75) is 32.4 Å². The highest BCUT2D eigenvalue weighted by Crippen LogP contribution is 2.38. The van der Waals surface area contributed by atoms with Gasteiger partial charge in [0, 0.05) is 50.5 Å². The Morgan fingerprint density at radius 3 is 2.68 bits per heavy atom. The fraction of sp³-hybridized carbons (Fsp3) is 0.652. The van der Waals surface area contributed by atoms with Gasteiger partial charge in [-0.3, -0.25) is 14.5 Å². The Morgan fingerprint density at radius 1 is 1.19 bits per heavy atom. The number of methoxy groups -OCH3 is 1. The maximum absolute atomic E-state index is 13.1. The van der Waals surface area contributed by atoms with Crippen molar-refractivity contribution in [3.05, 3.63) is 23.8 Å². The Hall–Kier alpha value is -2.32. The van der Waals surface area contributed by atoms with Crippen LogP contribution < -0.4 is 15.0 Å². The van der Waals surface area contributed by atoms with E-state index < -0.39 is 0 Å².